The Morgan fingerprint density at radius 2 is 1.73 bits per heavy atom. The zero-order chi connectivity index (χ0) is 19.0. The first kappa shape index (κ1) is 20.1. The molecule has 0 aliphatic rings. The van der Waals surface area contributed by atoms with Crippen LogP contribution in [-0.4, -0.2) is 31.8 Å². The van der Waals surface area contributed by atoms with Crippen molar-refractivity contribution in [2.75, 3.05) is 12.4 Å². The number of rotatable bonds is 9. The summed E-state index contributed by atoms with van der Waals surface area (Å²) in [6.45, 7) is 2.01. The Hall–Kier alpha value is -2.18. The largest absolute Gasteiger partial charge is 0.395 e. The van der Waals surface area contributed by atoms with Crippen LogP contribution in [0.25, 0.3) is 0 Å². The fourth-order valence-electron chi connectivity index (χ4n) is 2.77. The summed E-state index contributed by atoms with van der Waals surface area (Å²) in [6, 6.07) is 16.3. The Balaban J connectivity index is 1.91. The molecule has 0 aliphatic heterocycles. The molecule has 2 N–H and O–H groups in total. The maximum Gasteiger partial charge on any atom is 0.220 e. The summed E-state index contributed by atoms with van der Waals surface area (Å²) in [7, 11) is -3.45. The Kier molecular flexibility index (Phi) is 7.36. The minimum Gasteiger partial charge on any atom is -0.395 e. The van der Waals surface area contributed by atoms with Crippen LogP contribution in [0.5, 0.6) is 0 Å². The van der Waals surface area contributed by atoms with Gasteiger partial charge in [-0.1, -0.05) is 49.4 Å². The molecule has 0 saturated carbocycles. The van der Waals surface area contributed by atoms with E-state index in [0.29, 0.717) is 13.0 Å². The molecule has 0 heterocycles. The highest BCUT2D eigenvalue weighted by atomic mass is 32.2. The van der Waals surface area contributed by atoms with Crippen LogP contribution in [0.2, 0.25) is 0 Å². The van der Waals surface area contributed by atoms with Crippen molar-refractivity contribution in [2.45, 2.75) is 37.1 Å². The molecular weight excluding hydrogens is 350 g/mol. The lowest BCUT2D eigenvalue weighted by Gasteiger charge is -2.15. The number of nitrogens with one attached hydrogen (secondary N) is 1. The number of aliphatic hydroxyl groups is 1. The molecule has 0 saturated heterocycles. The molecule has 0 spiro atoms. The van der Waals surface area contributed by atoms with Crippen LogP contribution in [-0.2, 0) is 21.2 Å². The lowest BCUT2D eigenvalue weighted by atomic mass is 9.93. The molecule has 1 unspecified atom stereocenters. The van der Waals surface area contributed by atoms with E-state index in [0.717, 1.165) is 17.5 Å². The van der Waals surface area contributed by atoms with Crippen molar-refractivity contribution in [3.05, 3.63) is 65.7 Å². The number of benzene rings is 2. The molecular formula is C20H25NO4S. The second-order valence-corrected chi connectivity index (χ2v) is 8.29. The number of aliphatic hydroxyl groups excluding tert-OH is 1. The molecule has 140 valence electrons. The quantitative estimate of drug-likeness (QED) is 0.706. The molecule has 26 heavy (non-hydrogen) atoms. The van der Waals surface area contributed by atoms with Crippen molar-refractivity contribution in [2.24, 2.45) is 0 Å². The Labute approximate surface area is 155 Å². The van der Waals surface area contributed by atoms with Gasteiger partial charge in [0.15, 0.2) is 9.84 Å². The first-order chi connectivity index (χ1) is 12.5. The van der Waals surface area contributed by atoms with Gasteiger partial charge in [-0.2, -0.15) is 0 Å². The number of carbonyl (C=O) groups excluding carboxylic acids is 1. The van der Waals surface area contributed by atoms with E-state index in [1.54, 1.807) is 12.1 Å². The van der Waals surface area contributed by atoms with Crippen LogP contribution < -0.4 is 5.32 Å². The third-order valence-electron chi connectivity index (χ3n) is 4.33. The minimum absolute atomic E-state index is 0.0299. The van der Waals surface area contributed by atoms with Crippen molar-refractivity contribution < 1.29 is 18.3 Å². The van der Waals surface area contributed by atoms with Crippen molar-refractivity contribution in [1.29, 1.82) is 0 Å². The predicted molar refractivity (Wildman–Crippen MR) is 102 cm³/mol. The van der Waals surface area contributed by atoms with Crippen molar-refractivity contribution in [3.63, 3.8) is 0 Å². The fraction of sp³-hybridized carbons (Fsp3) is 0.350. The number of carbonyl (C=O) groups is 1. The van der Waals surface area contributed by atoms with E-state index in [4.69, 9.17) is 5.11 Å². The Morgan fingerprint density at radius 1 is 1.08 bits per heavy atom. The van der Waals surface area contributed by atoms with Gasteiger partial charge in [-0.05, 0) is 35.6 Å². The highest BCUT2D eigenvalue weighted by molar-refractivity contribution is 7.91. The zero-order valence-corrected chi connectivity index (χ0v) is 15.7. The van der Waals surface area contributed by atoms with Crippen LogP contribution in [0, 0.1) is 0 Å². The van der Waals surface area contributed by atoms with Gasteiger partial charge in [-0.25, -0.2) is 8.42 Å². The highest BCUT2D eigenvalue weighted by Gasteiger charge is 2.15. The normalized spacial score (nSPS) is 12.5. The molecule has 2 aromatic rings. The second-order valence-electron chi connectivity index (χ2n) is 6.18. The summed E-state index contributed by atoms with van der Waals surface area (Å²) in [5, 5.41) is 11.7. The number of hydrogen-bond acceptors (Lipinski definition) is 4. The van der Waals surface area contributed by atoms with Gasteiger partial charge >= 0.3 is 0 Å². The van der Waals surface area contributed by atoms with Gasteiger partial charge in [0.25, 0.3) is 0 Å². The lowest BCUT2D eigenvalue weighted by Crippen LogP contribution is -2.24. The number of hydrogen-bond donors (Lipinski definition) is 2. The van der Waals surface area contributed by atoms with E-state index < -0.39 is 16.4 Å². The second kappa shape index (κ2) is 9.50. The third kappa shape index (κ3) is 5.68. The van der Waals surface area contributed by atoms with E-state index in [2.05, 4.69) is 12.2 Å². The highest BCUT2D eigenvalue weighted by Crippen LogP contribution is 2.22. The van der Waals surface area contributed by atoms with Crippen molar-refractivity contribution in [3.8, 4) is 0 Å². The third-order valence-corrected chi connectivity index (χ3v) is 6.04. The Bertz CT molecular complexity index is 801. The summed E-state index contributed by atoms with van der Waals surface area (Å²) >= 11 is 0. The molecule has 0 radical (unpaired) electrons. The van der Waals surface area contributed by atoms with Crippen LogP contribution in [0.4, 0.5) is 0 Å². The summed E-state index contributed by atoms with van der Waals surface area (Å²) < 4.78 is 23.7. The van der Waals surface area contributed by atoms with E-state index >= 15 is 0 Å². The molecule has 0 aromatic heterocycles. The molecule has 0 bridgehead atoms. The summed E-state index contributed by atoms with van der Waals surface area (Å²) in [5.74, 6) is -0.138. The van der Waals surface area contributed by atoms with E-state index in [1.807, 2.05) is 30.3 Å². The molecule has 6 heteroatoms. The summed E-state index contributed by atoms with van der Waals surface area (Å²) in [4.78, 5) is 12.4. The van der Waals surface area contributed by atoms with Crippen LogP contribution in [0.1, 0.15) is 36.8 Å². The molecule has 5 nitrogen and oxygen atoms in total. The van der Waals surface area contributed by atoms with Gasteiger partial charge in [0.1, 0.15) is 0 Å². The van der Waals surface area contributed by atoms with Crippen LogP contribution >= 0.6 is 0 Å². The summed E-state index contributed by atoms with van der Waals surface area (Å²) in [5.41, 5.74) is 1.98. The Morgan fingerprint density at radius 3 is 2.31 bits per heavy atom. The van der Waals surface area contributed by atoms with Crippen LogP contribution in [0.15, 0.2) is 59.5 Å². The van der Waals surface area contributed by atoms with Gasteiger partial charge in [-0.15, -0.1) is 0 Å². The van der Waals surface area contributed by atoms with E-state index in [1.165, 1.54) is 12.1 Å². The fourth-order valence-corrected chi connectivity index (χ4v) is 3.80. The van der Waals surface area contributed by atoms with E-state index in [9.17, 15) is 13.2 Å². The minimum atomic E-state index is -3.45. The van der Waals surface area contributed by atoms with Crippen LogP contribution in [0.3, 0.4) is 0 Å². The van der Waals surface area contributed by atoms with Crippen molar-refractivity contribution in [1.82, 2.24) is 5.32 Å². The average molecular weight is 375 g/mol. The molecule has 1 atom stereocenters. The van der Waals surface area contributed by atoms with Gasteiger partial charge in [0.2, 0.25) is 5.91 Å². The maximum atomic E-state index is 12.2. The molecule has 2 rings (SSSR count). The van der Waals surface area contributed by atoms with Gasteiger partial charge in [0.05, 0.1) is 17.3 Å². The van der Waals surface area contributed by atoms with Gasteiger partial charge < -0.3 is 10.4 Å². The molecule has 2 aromatic carbocycles. The summed E-state index contributed by atoms with van der Waals surface area (Å²) in [6.07, 6.45) is 1.30. The smallest absolute Gasteiger partial charge is 0.220 e. The average Bonchev–Trinajstić information content (AvgIpc) is 2.65. The monoisotopic (exact) mass is 375 g/mol. The maximum absolute atomic E-state index is 12.2. The zero-order valence-electron chi connectivity index (χ0n) is 14.9. The number of sulfone groups is 1. The molecule has 1 amide bonds. The first-order valence-corrected chi connectivity index (χ1v) is 10.4. The lowest BCUT2D eigenvalue weighted by molar-refractivity contribution is -0.121. The molecule has 0 fully saturated rings. The topological polar surface area (TPSA) is 83.5 Å². The predicted octanol–water partition coefficient (Wildman–Crippen LogP) is 2.65. The number of amides is 1. The van der Waals surface area contributed by atoms with Crippen molar-refractivity contribution >= 4 is 15.7 Å². The molecule has 0 aliphatic carbocycles. The van der Waals surface area contributed by atoms with Gasteiger partial charge in [0, 0.05) is 13.0 Å². The SMILES string of the molecule is CCC(CC(=O)NCc1ccc(S(=O)(=O)CCO)cc1)c1ccccc1. The van der Waals surface area contributed by atoms with Gasteiger partial charge in [-0.3, -0.25) is 4.79 Å². The van der Waals surface area contributed by atoms with E-state index in [-0.39, 0.29) is 22.5 Å². The standard InChI is InChI=1S/C20H25NO4S/c1-2-17(18-6-4-3-5-7-18)14-20(23)21-15-16-8-10-19(11-9-16)26(24,25)13-12-22/h3-11,17,22H,2,12-15H2,1H3,(H,21,23). The first-order valence-electron chi connectivity index (χ1n) is 8.70.